The van der Waals surface area contributed by atoms with Gasteiger partial charge in [0, 0.05) is 0 Å². The fourth-order valence-electron chi connectivity index (χ4n) is 1.34. The molecule has 0 aromatic rings. The molecule has 4 unspecified atom stereocenters. The topological polar surface area (TPSA) is 32.3 Å². The lowest BCUT2D eigenvalue weighted by Crippen LogP contribution is -2.52. The number of piperidine rings is 1. The van der Waals surface area contributed by atoms with Crippen molar-refractivity contribution in [3.05, 3.63) is 0 Å². The first-order valence-electron chi connectivity index (χ1n) is 4.02. The predicted molar refractivity (Wildman–Crippen MR) is 46.0 cm³/mol. The maximum Gasteiger partial charge on any atom is 0.273 e. The van der Waals surface area contributed by atoms with E-state index in [0.717, 1.165) is 0 Å². The Hall–Kier alpha value is 0.210. The Morgan fingerprint density at radius 1 is 1.50 bits per heavy atom. The fourth-order valence-corrected chi connectivity index (χ4v) is 1.61. The van der Waals surface area contributed by atoms with Crippen molar-refractivity contribution in [3.63, 3.8) is 0 Å². The summed E-state index contributed by atoms with van der Waals surface area (Å²) >= 11 is 0. The van der Waals surface area contributed by atoms with Gasteiger partial charge in [-0.2, -0.15) is 0 Å². The first-order valence-corrected chi connectivity index (χ1v) is 4.60. The SMILES string of the molecule is CC1CCC(C(F)(F)P)NC1O. The predicted octanol–water partition coefficient (Wildman–Crippen LogP) is 1.16. The highest BCUT2D eigenvalue weighted by atomic mass is 31.0. The summed E-state index contributed by atoms with van der Waals surface area (Å²) in [6.45, 7) is 1.84. The van der Waals surface area contributed by atoms with Crippen LogP contribution in [0.4, 0.5) is 8.78 Å². The lowest BCUT2D eigenvalue weighted by atomic mass is 9.95. The van der Waals surface area contributed by atoms with Crippen LogP contribution in [0, 0.1) is 5.92 Å². The molecule has 4 atom stereocenters. The Morgan fingerprint density at radius 3 is 2.50 bits per heavy atom. The van der Waals surface area contributed by atoms with Crippen molar-refractivity contribution < 1.29 is 13.9 Å². The van der Waals surface area contributed by atoms with Crippen LogP contribution in [0.15, 0.2) is 0 Å². The summed E-state index contributed by atoms with van der Waals surface area (Å²) in [6, 6.07) is -0.909. The zero-order valence-corrected chi connectivity index (χ0v) is 8.08. The van der Waals surface area contributed by atoms with E-state index in [4.69, 9.17) is 0 Å². The van der Waals surface area contributed by atoms with Crippen molar-refractivity contribution in [1.82, 2.24) is 5.32 Å². The van der Waals surface area contributed by atoms with E-state index in [1.807, 2.05) is 6.92 Å². The number of aliphatic hydroxyl groups is 1. The van der Waals surface area contributed by atoms with Crippen molar-refractivity contribution in [1.29, 1.82) is 0 Å². The molecular weight excluding hydrogens is 183 g/mol. The number of aliphatic hydroxyl groups excluding tert-OH is 1. The van der Waals surface area contributed by atoms with Gasteiger partial charge in [0.25, 0.3) is 5.66 Å². The van der Waals surface area contributed by atoms with Crippen LogP contribution in [-0.2, 0) is 0 Å². The number of nitrogens with one attached hydrogen (secondary N) is 1. The van der Waals surface area contributed by atoms with Crippen molar-refractivity contribution >= 4 is 9.24 Å². The Labute approximate surface area is 72.9 Å². The molecule has 1 saturated heterocycles. The summed E-state index contributed by atoms with van der Waals surface area (Å²) < 4.78 is 25.4. The maximum atomic E-state index is 12.7. The second kappa shape index (κ2) is 3.52. The van der Waals surface area contributed by atoms with Crippen molar-refractivity contribution in [2.75, 3.05) is 0 Å². The van der Waals surface area contributed by atoms with Gasteiger partial charge in [0.1, 0.15) is 6.23 Å². The minimum atomic E-state index is -2.82. The third kappa shape index (κ3) is 2.35. The van der Waals surface area contributed by atoms with Crippen LogP contribution in [0.3, 0.4) is 0 Å². The van der Waals surface area contributed by atoms with Gasteiger partial charge in [0.2, 0.25) is 0 Å². The van der Waals surface area contributed by atoms with Gasteiger partial charge in [0.05, 0.1) is 6.04 Å². The number of hydrogen-bond donors (Lipinski definition) is 2. The summed E-state index contributed by atoms with van der Waals surface area (Å²) in [5, 5.41) is 11.7. The second-order valence-corrected chi connectivity index (χ2v) is 4.16. The van der Waals surface area contributed by atoms with Gasteiger partial charge in [-0.3, -0.25) is 5.32 Å². The molecule has 0 radical (unpaired) electrons. The Morgan fingerprint density at radius 2 is 2.08 bits per heavy atom. The van der Waals surface area contributed by atoms with Crippen LogP contribution in [-0.4, -0.2) is 23.0 Å². The zero-order valence-electron chi connectivity index (χ0n) is 6.93. The molecule has 0 saturated carbocycles. The summed E-state index contributed by atoms with van der Waals surface area (Å²) in [7, 11) is 1.50. The largest absolute Gasteiger partial charge is 0.378 e. The number of alkyl halides is 2. The quantitative estimate of drug-likeness (QED) is 0.618. The van der Waals surface area contributed by atoms with E-state index in [9.17, 15) is 13.9 Å². The number of halogens is 2. The van der Waals surface area contributed by atoms with Crippen LogP contribution < -0.4 is 5.32 Å². The standard InChI is InChI=1S/C7H14F2NOP/c1-4-2-3-5(7(8,9)12)10-6(4)11/h4-6,10-11H,2-3,12H2,1H3. The van der Waals surface area contributed by atoms with Crippen LogP contribution in [0.25, 0.3) is 0 Å². The summed E-state index contributed by atoms with van der Waals surface area (Å²) in [5.41, 5.74) is -2.82. The molecule has 2 N–H and O–H groups in total. The maximum absolute atomic E-state index is 12.7. The van der Waals surface area contributed by atoms with E-state index in [0.29, 0.717) is 12.8 Å². The normalized spacial score (nSPS) is 38.2. The van der Waals surface area contributed by atoms with Crippen LogP contribution in [0.2, 0.25) is 0 Å². The zero-order chi connectivity index (χ0) is 9.35. The molecule has 0 bridgehead atoms. The third-order valence-corrected chi connectivity index (χ3v) is 2.69. The monoisotopic (exact) mass is 197 g/mol. The van der Waals surface area contributed by atoms with E-state index in [1.165, 1.54) is 9.24 Å². The van der Waals surface area contributed by atoms with Crippen molar-refractivity contribution in [2.45, 2.75) is 37.7 Å². The highest BCUT2D eigenvalue weighted by Gasteiger charge is 2.39. The van der Waals surface area contributed by atoms with Gasteiger partial charge in [-0.25, -0.2) is 8.78 Å². The number of rotatable bonds is 1. The summed E-state index contributed by atoms with van der Waals surface area (Å²) in [6.07, 6.45) is 0.257. The number of hydrogen-bond acceptors (Lipinski definition) is 2. The average molecular weight is 197 g/mol. The molecule has 0 aromatic heterocycles. The molecule has 1 fully saturated rings. The van der Waals surface area contributed by atoms with Gasteiger partial charge >= 0.3 is 0 Å². The molecule has 0 aromatic carbocycles. The molecule has 5 heteroatoms. The molecule has 72 valence electrons. The highest BCUT2D eigenvalue weighted by molar-refractivity contribution is 7.18. The first kappa shape index (κ1) is 10.3. The fraction of sp³-hybridized carbons (Fsp3) is 1.00. The van der Waals surface area contributed by atoms with Gasteiger partial charge < -0.3 is 5.11 Å². The van der Waals surface area contributed by atoms with Crippen molar-refractivity contribution in [3.8, 4) is 0 Å². The highest BCUT2D eigenvalue weighted by Crippen LogP contribution is 2.33. The Bertz CT molecular complexity index is 162. The molecule has 1 rings (SSSR count). The minimum Gasteiger partial charge on any atom is -0.378 e. The smallest absolute Gasteiger partial charge is 0.273 e. The third-order valence-electron chi connectivity index (χ3n) is 2.29. The first-order chi connectivity index (χ1) is 5.41. The molecule has 1 aliphatic heterocycles. The van der Waals surface area contributed by atoms with E-state index < -0.39 is 17.9 Å². The van der Waals surface area contributed by atoms with E-state index in [2.05, 4.69) is 5.32 Å². The summed E-state index contributed by atoms with van der Waals surface area (Å²) in [5.74, 6) is 0.0635. The molecular formula is C7H14F2NOP. The van der Waals surface area contributed by atoms with Gasteiger partial charge in [-0.1, -0.05) is 16.2 Å². The summed E-state index contributed by atoms with van der Waals surface area (Å²) in [4.78, 5) is 0. The molecule has 0 spiro atoms. The average Bonchev–Trinajstić information content (AvgIpc) is 1.92. The molecule has 1 aliphatic rings. The van der Waals surface area contributed by atoms with Gasteiger partial charge in [-0.05, 0) is 18.8 Å². The minimum absolute atomic E-state index is 0.0635. The Balaban J connectivity index is 2.51. The molecule has 0 amide bonds. The molecule has 12 heavy (non-hydrogen) atoms. The van der Waals surface area contributed by atoms with Crippen LogP contribution >= 0.6 is 9.24 Å². The van der Waals surface area contributed by atoms with Gasteiger partial charge in [-0.15, -0.1) is 0 Å². The van der Waals surface area contributed by atoms with Gasteiger partial charge in [0.15, 0.2) is 0 Å². The van der Waals surface area contributed by atoms with E-state index >= 15 is 0 Å². The lowest BCUT2D eigenvalue weighted by Gasteiger charge is -2.35. The molecule has 2 nitrogen and oxygen atoms in total. The molecule has 1 heterocycles. The van der Waals surface area contributed by atoms with E-state index in [1.54, 1.807) is 0 Å². The lowest BCUT2D eigenvalue weighted by molar-refractivity contribution is -0.0269. The molecule has 0 aliphatic carbocycles. The Kier molecular flexibility index (Phi) is 3.02. The van der Waals surface area contributed by atoms with Crippen LogP contribution in [0.5, 0.6) is 0 Å². The van der Waals surface area contributed by atoms with E-state index in [-0.39, 0.29) is 5.92 Å². The van der Waals surface area contributed by atoms with Crippen LogP contribution in [0.1, 0.15) is 19.8 Å². The van der Waals surface area contributed by atoms with Crippen molar-refractivity contribution in [2.24, 2.45) is 5.92 Å². The second-order valence-electron chi connectivity index (χ2n) is 3.39.